The van der Waals surface area contributed by atoms with Crippen molar-refractivity contribution in [3.05, 3.63) is 36.5 Å². The number of thioether (sulfide) groups is 1. The maximum atomic E-state index is 4.54. The van der Waals surface area contributed by atoms with Crippen LogP contribution in [-0.4, -0.2) is 30.6 Å². The van der Waals surface area contributed by atoms with Crippen molar-refractivity contribution >= 4 is 17.4 Å². The molecule has 0 N–H and O–H groups in total. The Balaban J connectivity index is 1.87. The number of nitrogens with zero attached hydrogens (tertiary/aromatic N) is 5. The van der Waals surface area contributed by atoms with E-state index in [0.29, 0.717) is 11.7 Å². The molecule has 0 saturated heterocycles. The van der Waals surface area contributed by atoms with Crippen molar-refractivity contribution in [2.45, 2.75) is 23.8 Å². The third kappa shape index (κ3) is 1.96. The minimum atomic E-state index is 0.619. The molecular weight excluding hydrogens is 270 g/mol. The number of rotatable bonds is 3. The van der Waals surface area contributed by atoms with E-state index in [1.54, 1.807) is 18.0 Å². The molecule has 20 heavy (non-hydrogen) atoms. The number of aromatic nitrogens is 5. The molecule has 0 unspecified atom stereocenters. The molecule has 0 radical (unpaired) electrons. The van der Waals surface area contributed by atoms with E-state index in [2.05, 4.69) is 26.1 Å². The molecule has 0 spiro atoms. The Labute approximate surface area is 120 Å². The van der Waals surface area contributed by atoms with Gasteiger partial charge in [0.1, 0.15) is 5.69 Å². The highest BCUT2D eigenvalue weighted by Crippen LogP contribution is 2.39. The van der Waals surface area contributed by atoms with Crippen LogP contribution < -0.4 is 0 Å². The fourth-order valence-corrected chi connectivity index (χ4v) is 2.61. The van der Waals surface area contributed by atoms with Gasteiger partial charge in [-0.2, -0.15) is 0 Å². The predicted molar refractivity (Wildman–Crippen MR) is 77.8 cm³/mol. The van der Waals surface area contributed by atoms with Crippen LogP contribution in [0.2, 0.25) is 0 Å². The lowest BCUT2D eigenvalue weighted by molar-refractivity contribution is 0.962. The highest BCUT2D eigenvalue weighted by molar-refractivity contribution is 7.98. The summed E-state index contributed by atoms with van der Waals surface area (Å²) >= 11 is 1.61. The molecule has 1 saturated carbocycles. The zero-order valence-electron chi connectivity index (χ0n) is 11.0. The summed E-state index contributed by atoms with van der Waals surface area (Å²) in [7, 11) is 0. The molecule has 100 valence electrons. The summed E-state index contributed by atoms with van der Waals surface area (Å²) in [6, 6.07) is 1.91. The molecule has 0 amide bonds. The Morgan fingerprint density at radius 1 is 1.20 bits per heavy atom. The van der Waals surface area contributed by atoms with Crippen molar-refractivity contribution in [3.8, 4) is 11.5 Å². The second-order valence-electron chi connectivity index (χ2n) is 4.88. The Morgan fingerprint density at radius 3 is 2.90 bits per heavy atom. The van der Waals surface area contributed by atoms with Gasteiger partial charge in [-0.05, 0) is 25.2 Å². The molecule has 4 rings (SSSR count). The van der Waals surface area contributed by atoms with Crippen LogP contribution in [0.4, 0.5) is 0 Å². The van der Waals surface area contributed by atoms with Gasteiger partial charge >= 0.3 is 0 Å². The van der Waals surface area contributed by atoms with Crippen molar-refractivity contribution in [2.75, 3.05) is 6.26 Å². The average Bonchev–Trinajstić information content (AvgIpc) is 3.26. The lowest BCUT2D eigenvalue weighted by atomic mass is 10.3. The van der Waals surface area contributed by atoms with E-state index < -0.39 is 0 Å². The molecule has 0 atom stereocenters. The smallest absolute Gasteiger partial charge is 0.179 e. The van der Waals surface area contributed by atoms with Crippen LogP contribution in [0.3, 0.4) is 0 Å². The van der Waals surface area contributed by atoms with Crippen molar-refractivity contribution in [3.63, 3.8) is 0 Å². The number of hydrogen-bond acceptors (Lipinski definition) is 5. The predicted octanol–water partition coefficient (Wildman–Crippen LogP) is 2.79. The third-order valence-corrected chi connectivity index (χ3v) is 4.13. The maximum absolute atomic E-state index is 4.54. The standard InChI is InChI=1S/C14H13N5S/c1-20-13-4-5-15-14(18-13)11-6-17-12-7-16-10(8-19(11)12)9-2-3-9/h4-9H,2-3H2,1H3. The van der Waals surface area contributed by atoms with Crippen molar-refractivity contribution < 1.29 is 0 Å². The zero-order chi connectivity index (χ0) is 13.5. The highest BCUT2D eigenvalue weighted by atomic mass is 32.2. The van der Waals surface area contributed by atoms with Crippen LogP contribution in [0.5, 0.6) is 0 Å². The third-order valence-electron chi connectivity index (χ3n) is 3.48. The summed E-state index contributed by atoms with van der Waals surface area (Å²) < 4.78 is 2.04. The first kappa shape index (κ1) is 11.8. The van der Waals surface area contributed by atoms with Gasteiger partial charge in [0.05, 0.1) is 23.1 Å². The summed E-state index contributed by atoms with van der Waals surface area (Å²) in [6.45, 7) is 0. The molecule has 5 nitrogen and oxygen atoms in total. The van der Waals surface area contributed by atoms with Gasteiger partial charge in [0.2, 0.25) is 0 Å². The normalized spacial score (nSPS) is 14.8. The summed E-state index contributed by atoms with van der Waals surface area (Å²) in [5.41, 5.74) is 2.89. The quantitative estimate of drug-likeness (QED) is 0.546. The average molecular weight is 283 g/mol. The minimum absolute atomic E-state index is 0.619. The minimum Gasteiger partial charge on any atom is -0.294 e. The van der Waals surface area contributed by atoms with E-state index in [9.17, 15) is 0 Å². The summed E-state index contributed by atoms with van der Waals surface area (Å²) in [6.07, 6.45) is 12.0. The second-order valence-corrected chi connectivity index (χ2v) is 5.71. The van der Waals surface area contributed by atoms with Crippen LogP contribution in [0.15, 0.2) is 35.9 Å². The molecule has 3 aromatic heterocycles. The van der Waals surface area contributed by atoms with E-state index in [0.717, 1.165) is 22.1 Å². The number of hydrogen-bond donors (Lipinski definition) is 0. The molecular formula is C14H13N5S. The molecule has 0 aliphatic heterocycles. The Bertz CT molecular complexity index is 778. The maximum Gasteiger partial charge on any atom is 0.179 e. The number of fused-ring (bicyclic) bond motifs is 1. The summed E-state index contributed by atoms with van der Waals surface area (Å²) in [4.78, 5) is 17.8. The lowest BCUT2D eigenvalue weighted by Crippen LogP contribution is -1.97. The van der Waals surface area contributed by atoms with Gasteiger partial charge in [-0.1, -0.05) is 0 Å². The van der Waals surface area contributed by atoms with Gasteiger partial charge in [-0.3, -0.25) is 9.38 Å². The van der Waals surface area contributed by atoms with Crippen molar-refractivity contribution in [1.82, 2.24) is 24.3 Å². The molecule has 0 bridgehead atoms. The van der Waals surface area contributed by atoms with E-state index >= 15 is 0 Å². The van der Waals surface area contributed by atoms with Gasteiger partial charge in [-0.25, -0.2) is 15.0 Å². The summed E-state index contributed by atoms with van der Waals surface area (Å²) in [5, 5.41) is 0.960. The van der Waals surface area contributed by atoms with Crippen molar-refractivity contribution in [1.29, 1.82) is 0 Å². The van der Waals surface area contributed by atoms with Gasteiger partial charge in [0, 0.05) is 18.3 Å². The SMILES string of the molecule is CSc1ccnc(-c2cnc3cnc(C4CC4)cn23)n1. The molecule has 0 aromatic carbocycles. The molecule has 1 fully saturated rings. The topological polar surface area (TPSA) is 56.0 Å². The largest absolute Gasteiger partial charge is 0.294 e. The molecule has 3 aromatic rings. The second kappa shape index (κ2) is 4.56. The molecule has 1 aliphatic rings. The summed E-state index contributed by atoms with van der Waals surface area (Å²) in [5.74, 6) is 1.32. The van der Waals surface area contributed by atoms with E-state index in [1.807, 2.05) is 29.1 Å². The van der Waals surface area contributed by atoms with Crippen LogP contribution >= 0.6 is 11.8 Å². The lowest BCUT2D eigenvalue weighted by Gasteiger charge is -2.03. The highest BCUT2D eigenvalue weighted by Gasteiger charge is 2.25. The van der Waals surface area contributed by atoms with Gasteiger partial charge in [-0.15, -0.1) is 11.8 Å². The van der Waals surface area contributed by atoms with Crippen LogP contribution in [0, 0.1) is 0 Å². The van der Waals surface area contributed by atoms with Crippen LogP contribution in [0.25, 0.3) is 17.2 Å². The van der Waals surface area contributed by atoms with Crippen LogP contribution in [0.1, 0.15) is 24.5 Å². The van der Waals surface area contributed by atoms with Gasteiger partial charge < -0.3 is 0 Å². The van der Waals surface area contributed by atoms with Crippen molar-refractivity contribution in [2.24, 2.45) is 0 Å². The Kier molecular flexibility index (Phi) is 2.70. The fraction of sp³-hybridized carbons (Fsp3) is 0.286. The molecule has 6 heteroatoms. The van der Waals surface area contributed by atoms with E-state index in [1.165, 1.54) is 12.8 Å². The Morgan fingerprint density at radius 2 is 2.10 bits per heavy atom. The molecule has 1 aliphatic carbocycles. The van der Waals surface area contributed by atoms with Gasteiger partial charge in [0.25, 0.3) is 0 Å². The number of imidazole rings is 1. The van der Waals surface area contributed by atoms with E-state index in [-0.39, 0.29) is 0 Å². The van der Waals surface area contributed by atoms with Crippen LogP contribution in [-0.2, 0) is 0 Å². The first-order valence-electron chi connectivity index (χ1n) is 6.55. The fourth-order valence-electron chi connectivity index (χ4n) is 2.24. The van der Waals surface area contributed by atoms with E-state index in [4.69, 9.17) is 0 Å². The first-order valence-corrected chi connectivity index (χ1v) is 7.78. The Hall–Kier alpha value is -1.95. The molecule has 3 heterocycles. The zero-order valence-corrected chi connectivity index (χ0v) is 11.8. The monoisotopic (exact) mass is 283 g/mol. The van der Waals surface area contributed by atoms with Gasteiger partial charge in [0.15, 0.2) is 11.5 Å². The first-order chi connectivity index (χ1) is 9.85.